The third kappa shape index (κ3) is 11.1. The second-order valence-corrected chi connectivity index (χ2v) is 15.8. The van der Waals surface area contributed by atoms with Crippen molar-refractivity contribution in [3.8, 4) is 28.6 Å². The minimum atomic E-state index is -0.610. The first-order chi connectivity index (χ1) is 32.2. The number of carbonyl (C=O) groups is 3. The Labute approximate surface area is 382 Å². The molecule has 2 aromatic heterocycles. The van der Waals surface area contributed by atoms with Crippen molar-refractivity contribution in [2.75, 3.05) is 79.6 Å². The quantitative estimate of drug-likeness (QED) is 0.0651. The highest BCUT2D eigenvalue weighted by molar-refractivity contribution is 5.96. The molecular weight excluding hydrogens is 839 g/mol. The number of aliphatic hydroxyl groups is 1. The number of anilines is 6. The first-order valence-electron chi connectivity index (χ1n) is 21.7. The van der Waals surface area contributed by atoms with Gasteiger partial charge < -0.3 is 40.3 Å². The van der Waals surface area contributed by atoms with Crippen LogP contribution in [0.15, 0.2) is 122 Å². The SMILES string of the molecule is CC(C[n+]1ccc(-c2ccc(C(=O)NCC#N)cc2)nc1Nc1ccc(N2CCOCC2=O)cc1)[C@H](CO)NC(=O)c1ccc(-c2ccnc(Nc3ccc(N4CCOCC4)cc3)n2)cc1. The molecule has 17 heteroatoms. The fourth-order valence-electron chi connectivity index (χ4n) is 7.65. The number of ether oxygens (including phenoxy) is 2. The summed E-state index contributed by atoms with van der Waals surface area (Å²) in [4.78, 5) is 56.6. The van der Waals surface area contributed by atoms with Crippen LogP contribution in [0, 0.1) is 17.2 Å². The standard InChI is InChI=1S/C49H49N11O6/c1-33(44(31-61)55-47(64)37-8-4-34(5-9-37)42-18-21-52-48(56-42)53-38-10-14-40(15-11-38)58-24-27-65-28-25-58)30-59-23-19-43(35-2-6-36(7-3-35)46(63)51-22-20-50)57-49(59)54-39-12-16-41(17-13-39)60-26-29-66-32-45(60)62/h2-19,21,23,33,44,61H,22,24-32H2,1H3,(H3,51,52,53,55,56,63,64)/p+1/t33?,44-/m0/s1. The molecule has 336 valence electrons. The van der Waals surface area contributed by atoms with Gasteiger partial charge in [0.2, 0.25) is 5.95 Å². The number of hydrogen-bond acceptors (Lipinski definition) is 13. The van der Waals surface area contributed by atoms with Crippen molar-refractivity contribution < 1.29 is 33.5 Å². The Kier molecular flexibility index (Phi) is 14.4. The van der Waals surface area contributed by atoms with E-state index in [4.69, 9.17) is 24.7 Å². The summed E-state index contributed by atoms with van der Waals surface area (Å²) in [5, 5.41) is 31.7. The highest BCUT2D eigenvalue weighted by Crippen LogP contribution is 2.26. The molecule has 2 saturated heterocycles. The molecule has 5 N–H and O–H groups in total. The van der Waals surface area contributed by atoms with E-state index in [1.807, 2.05) is 84.4 Å². The summed E-state index contributed by atoms with van der Waals surface area (Å²) in [6.45, 7) is 6.05. The van der Waals surface area contributed by atoms with Crippen molar-refractivity contribution in [3.05, 3.63) is 133 Å². The van der Waals surface area contributed by atoms with Crippen molar-refractivity contribution >= 4 is 52.4 Å². The maximum atomic E-state index is 13.6. The number of rotatable bonds is 16. The minimum absolute atomic E-state index is 0.0402. The normalized spacial score (nSPS) is 14.7. The number of benzene rings is 4. The van der Waals surface area contributed by atoms with E-state index in [1.165, 1.54) is 0 Å². The van der Waals surface area contributed by atoms with Gasteiger partial charge in [0.15, 0.2) is 5.69 Å². The first-order valence-corrected chi connectivity index (χ1v) is 21.7. The lowest BCUT2D eigenvalue weighted by Crippen LogP contribution is -2.49. The van der Waals surface area contributed by atoms with Crippen LogP contribution in [0.5, 0.6) is 0 Å². The molecule has 1 unspecified atom stereocenters. The molecule has 2 aliphatic heterocycles. The number of amides is 3. The zero-order chi connectivity index (χ0) is 45.8. The van der Waals surface area contributed by atoms with Crippen LogP contribution in [-0.2, 0) is 20.8 Å². The summed E-state index contributed by atoms with van der Waals surface area (Å²) in [5.41, 5.74) is 7.18. The summed E-state index contributed by atoms with van der Waals surface area (Å²) in [7, 11) is 0. The second kappa shape index (κ2) is 21.3. The van der Waals surface area contributed by atoms with Gasteiger partial charge in [0.25, 0.3) is 17.7 Å². The van der Waals surface area contributed by atoms with Gasteiger partial charge in [0.05, 0.1) is 62.7 Å². The average Bonchev–Trinajstić information content (AvgIpc) is 3.36. The average molecular weight is 889 g/mol. The van der Waals surface area contributed by atoms with Crippen LogP contribution >= 0.6 is 0 Å². The summed E-state index contributed by atoms with van der Waals surface area (Å²) in [6.07, 6.45) is 3.56. The predicted molar refractivity (Wildman–Crippen MR) is 248 cm³/mol. The molecule has 4 aromatic carbocycles. The van der Waals surface area contributed by atoms with Crippen LogP contribution < -0.4 is 35.6 Å². The number of hydrogen-bond donors (Lipinski definition) is 5. The summed E-state index contributed by atoms with van der Waals surface area (Å²) >= 11 is 0. The van der Waals surface area contributed by atoms with E-state index < -0.39 is 6.04 Å². The Bertz CT molecular complexity index is 2670. The molecule has 6 aromatic rings. The maximum absolute atomic E-state index is 13.6. The number of morpholine rings is 2. The highest BCUT2D eigenvalue weighted by atomic mass is 16.5. The van der Waals surface area contributed by atoms with Gasteiger partial charge in [0, 0.05) is 77.1 Å². The Morgan fingerprint density at radius 3 is 2.05 bits per heavy atom. The fraction of sp³-hybridized carbons (Fsp3) is 0.265. The van der Waals surface area contributed by atoms with Gasteiger partial charge in [-0.1, -0.05) is 36.2 Å². The van der Waals surface area contributed by atoms with Gasteiger partial charge in [-0.3, -0.25) is 14.4 Å². The minimum Gasteiger partial charge on any atom is -0.394 e. The molecule has 0 bridgehead atoms. The third-order valence-electron chi connectivity index (χ3n) is 11.4. The van der Waals surface area contributed by atoms with Crippen molar-refractivity contribution in [1.82, 2.24) is 25.6 Å². The molecule has 17 nitrogen and oxygen atoms in total. The van der Waals surface area contributed by atoms with E-state index in [0.29, 0.717) is 59.8 Å². The molecule has 0 radical (unpaired) electrons. The number of nitriles is 1. The zero-order valence-corrected chi connectivity index (χ0v) is 36.4. The molecule has 3 amide bonds. The van der Waals surface area contributed by atoms with E-state index in [2.05, 4.69) is 43.3 Å². The van der Waals surface area contributed by atoms with E-state index in [9.17, 15) is 19.5 Å². The van der Waals surface area contributed by atoms with Gasteiger partial charge >= 0.3 is 5.95 Å². The van der Waals surface area contributed by atoms with Gasteiger partial charge in [-0.2, -0.15) is 5.26 Å². The second-order valence-electron chi connectivity index (χ2n) is 15.8. The van der Waals surface area contributed by atoms with E-state index >= 15 is 0 Å². The topological polar surface area (TPSA) is 211 Å². The molecule has 2 fully saturated rings. The van der Waals surface area contributed by atoms with Crippen molar-refractivity contribution in [2.24, 2.45) is 5.92 Å². The number of aliphatic hydroxyl groups excluding tert-OH is 1. The van der Waals surface area contributed by atoms with Crippen LogP contribution in [0.25, 0.3) is 22.5 Å². The maximum Gasteiger partial charge on any atom is 0.397 e. The lowest BCUT2D eigenvalue weighted by molar-refractivity contribution is -0.691. The van der Waals surface area contributed by atoms with Gasteiger partial charge in [-0.15, -0.1) is 0 Å². The summed E-state index contributed by atoms with van der Waals surface area (Å²) in [5.74, 6) is -0.129. The fourth-order valence-corrected chi connectivity index (χ4v) is 7.65. The Morgan fingerprint density at radius 1 is 0.773 bits per heavy atom. The Balaban J connectivity index is 0.940. The first kappa shape index (κ1) is 44.8. The van der Waals surface area contributed by atoms with Crippen molar-refractivity contribution in [1.29, 1.82) is 5.26 Å². The molecule has 0 saturated carbocycles. The Hall–Kier alpha value is -7.78. The van der Waals surface area contributed by atoms with Gasteiger partial charge in [-0.05, 0) is 78.9 Å². The molecule has 8 rings (SSSR count). The highest BCUT2D eigenvalue weighted by Gasteiger charge is 2.26. The van der Waals surface area contributed by atoms with E-state index in [1.54, 1.807) is 47.5 Å². The summed E-state index contributed by atoms with van der Waals surface area (Å²) in [6, 6.07) is 34.6. The van der Waals surface area contributed by atoms with Crippen LogP contribution in [0.3, 0.4) is 0 Å². The van der Waals surface area contributed by atoms with Crippen LogP contribution in [0.1, 0.15) is 27.6 Å². The molecular formula is C49H50N11O6+. The van der Waals surface area contributed by atoms with Crippen molar-refractivity contribution in [3.63, 3.8) is 0 Å². The molecule has 0 aliphatic carbocycles. The smallest absolute Gasteiger partial charge is 0.394 e. The number of aromatic nitrogens is 4. The van der Waals surface area contributed by atoms with Crippen LogP contribution in [-0.4, -0.2) is 103 Å². The van der Waals surface area contributed by atoms with Gasteiger partial charge in [-0.25, -0.2) is 19.9 Å². The van der Waals surface area contributed by atoms with Gasteiger partial charge in [0.1, 0.15) is 13.2 Å². The molecule has 66 heavy (non-hydrogen) atoms. The van der Waals surface area contributed by atoms with E-state index in [0.717, 1.165) is 54.5 Å². The third-order valence-corrected chi connectivity index (χ3v) is 11.4. The van der Waals surface area contributed by atoms with E-state index in [-0.39, 0.29) is 43.4 Å². The number of nitrogens with zero attached hydrogens (tertiary/aromatic N) is 7. The number of carbonyl (C=O) groups excluding carboxylic acids is 3. The monoisotopic (exact) mass is 888 g/mol. The molecule has 2 aliphatic rings. The zero-order valence-electron chi connectivity index (χ0n) is 36.4. The number of nitrogens with one attached hydrogen (secondary N) is 4. The molecule has 0 spiro atoms. The summed E-state index contributed by atoms with van der Waals surface area (Å²) < 4.78 is 12.7. The largest absolute Gasteiger partial charge is 0.397 e. The van der Waals surface area contributed by atoms with Crippen molar-refractivity contribution in [2.45, 2.75) is 19.5 Å². The van der Waals surface area contributed by atoms with Crippen LogP contribution in [0.4, 0.5) is 34.6 Å². The predicted octanol–water partition coefficient (Wildman–Crippen LogP) is 4.86. The Morgan fingerprint density at radius 2 is 1.39 bits per heavy atom. The lowest BCUT2D eigenvalue weighted by atomic mass is 10.0. The lowest BCUT2D eigenvalue weighted by Gasteiger charge is -2.28. The molecule has 2 atom stereocenters. The molecule has 4 heterocycles. The van der Waals surface area contributed by atoms with Crippen LogP contribution in [0.2, 0.25) is 0 Å².